The molecular formula is C40H74NO8P. The van der Waals surface area contributed by atoms with Crippen molar-refractivity contribution in [2.75, 3.05) is 26.4 Å². The molecule has 0 heterocycles. The summed E-state index contributed by atoms with van der Waals surface area (Å²) in [7, 11) is -4.38. The van der Waals surface area contributed by atoms with E-state index in [2.05, 4.69) is 50.3 Å². The smallest absolute Gasteiger partial charge is 0.462 e. The second kappa shape index (κ2) is 37.0. The van der Waals surface area contributed by atoms with Crippen molar-refractivity contribution in [1.82, 2.24) is 0 Å². The summed E-state index contributed by atoms with van der Waals surface area (Å²) in [4.78, 5) is 34.7. The monoisotopic (exact) mass is 728 g/mol. The zero-order valence-electron chi connectivity index (χ0n) is 31.9. The molecule has 0 bridgehead atoms. The molecule has 1 unspecified atom stereocenters. The summed E-state index contributed by atoms with van der Waals surface area (Å²) in [6.45, 7) is 3.66. The van der Waals surface area contributed by atoms with Gasteiger partial charge in [0.2, 0.25) is 0 Å². The quantitative estimate of drug-likeness (QED) is 0.0277. The van der Waals surface area contributed by atoms with E-state index >= 15 is 0 Å². The first kappa shape index (κ1) is 48.2. The van der Waals surface area contributed by atoms with Crippen LogP contribution in [0.5, 0.6) is 0 Å². The van der Waals surface area contributed by atoms with Crippen molar-refractivity contribution in [3.8, 4) is 0 Å². The van der Waals surface area contributed by atoms with Gasteiger partial charge in [0.25, 0.3) is 0 Å². The zero-order chi connectivity index (χ0) is 36.8. The highest BCUT2D eigenvalue weighted by Gasteiger charge is 2.25. The lowest BCUT2D eigenvalue weighted by molar-refractivity contribution is -0.161. The SMILES string of the molecule is CCCCC/C=C\C/C=C\CCCCCCCC(=O)OC[C@H](COP(=O)(O)OCCN)OC(=O)CCCCCCC/C=C\CCCCCCC. The van der Waals surface area contributed by atoms with Gasteiger partial charge in [0.15, 0.2) is 6.10 Å². The predicted molar refractivity (Wildman–Crippen MR) is 206 cm³/mol. The number of nitrogens with two attached hydrogens (primary N) is 1. The van der Waals surface area contributed by atoms with Crippen LogP contribution in [-0.2, 0) is 32.7 Å². The Morgan fingerprint density at radius 3 is 1.58 bits per heavy atom. The van der Waals surface area contributed by atoms with Gasteiger partial charge in [0.1, 0.15) is 6.61 Å². The fourth-order valence-corrected chi connectivity index (χ4v) is 6.01. The maximum absolute atomic E-state index is 12.5. The van der Waals surface area contributed by atoms with E-state index in [1.54, 1.807) is 0 Å². The Morgan fingerprint density at radius 2 is 1.04 bits per heavy atom. The molecule has 0 radical (unpaired) electrons. The molecule has 0 fully saturated rings. The average molecular weight is 728 g/mol. The second-order valence-electron chi connectivity index (χ2n) is 13.1. The molecule has 0 aromatic heterocycles. The molecule has 0 aliphatic carbocycles. The van der Waals surface area contributed by atoms with E-state index < -0.39 is 32.5 Å². The van der Waals surface area contributed by atoms with E-state index in [0.29, 0.717) is 12.8 Å². The Kier molecular flexibility index (Phi) is 35.7. The summed E-state index contributed by atoms with van der Waals surface area (Å²) in [5.74, 6) is -0.856. The Balaban J connectivity index is 4.24. The normalized spacial score (nSPS) is 13.8. The number of hydrogen-bond acceptors (Lipinski definition) is 8. The van der Waals surface area contributed by atoms with E-state index in [9.17, 15) is 19.0 Å². The van der Waals surface area contributed by atoms with E-state index in [-0.39, 0.29) is 32.6 Å². The molecular weight excluding hydrogens is 653 g/mol. The number of ether oxygens (including phenoxy) is 2. The molecule has 0 amide bonds. The average Bonchev–Trinajstić information content (AvgIpc) is 3.10. The lowest BCUT2D eigenvalue weighted by Crippen LogP contribution is -2.29. The maximum Gasteiger partial charge on any atom is 0.472 e. The van der Waals surface area contributed by atoms with Crippen molar-refractivity contribution in [2.24, 2.45) is 5.73 Å². The Bertz CT molecular complexity index is 923. The number of carbonyl (C=O) groups is 2. The molecule has 2 atom stereocenters. The molecule has 0 aromatic rings. The Labute approximate surface area is 305 Å². The summed E-state index contributed by atoms with van der Waals surface area (Å²) in [6, 6.07) is 0. The number of phosphoric ester groups is 1. The minimum Gasteiger partial charge on any atom is -0.462 e. The number of unbranched alkanes of at least 4 members (excludes halogenated alkanes) is 18. The van der Waals surface area contributed by atoms with Crippen LogP contribution < -0.4 is 5.73 Å². The van der Waals surface area contributed by atoms with Gasteiger partial charge in [-0.15, -0.1) is 0 Å². The van der Waals surface area contributed by atoms with E-state index in [0.717, 1.165) is 70.6 Å². The van der Waals surface area contributed by atoms with Gasteiger partial charge in [0.05, 0.1) is 13.2 Å². The molecule has 0 aliphatic heterocycles. The van der Waals surface area contributed by atoms with Gasteiger partial charge < -0.3 is 20.1 Å². The van der Waals surface area contributed by atoms with Gasteiger partial charge >= 0.3 is 19.8 Å². The van der Waals surface area contributed by atoms with Crippen LogP contribution >= 0.6 is 7.82 Å². The number of allylic oxidation sites excluding steroid dienone is 6. The fraction of sp³-hybridized carbons (Fsp3) is 0.800. The van der Waals surface area contributed by atoms with Crippen LogP contribution in [0.25, 0.3) is 0 Å². The first-order chi connectivity index (χ1) is 24.3. The largest absolute Gasteiger partial charge is 0.472 e. The van der Waals surface area contributed by atoms with Crippen LogP contribution in [0.15, 0.2) is 36.5 Å². The molecule has 9 nitrogen and oxygen atoms in total. The van der Waals surface area contributed by atoms with Gasteiger partial charge in [0, 0.05) is 19.4 Å². The van der Waals surface area contributed by atoms with E-state index in [1.165, 1.54) is 64.2 Å². The molecule has 292 valence electrons. The summed E-state index contributed by atoms with van der Waals surface area (Å²) in [5.41, 5.74) is 5.33. The summed E-state index contributed by atoms with van der Waals surface area (Å²) < 4.78 is 32.7. The number of phosphoric acid groups is 1. The van der Waals surface area contributed by atoms with Crippen LogP contribution in [0.2, 0.25) is 0 Å². The molecule has 0 spiro atoms. The van der Waals surface area contributed by atoms with Crippen molar-refractivity contribution in [3.05, 3.63) is 36.5 Å². The molecule has 3 N–H and O–H groups in total. The third kappa shape index (κ3) is 36.0. The summed E-state index contributed by atoms with van der Waals surface area (Å²) in [5, 5.41) is 0. The third-order valence-corrected chi connectivity index (χ3v) is 9.23. The highest BCUT2D eigenvalue weighted by Crippen LogP contribution is 2.43. The van der Waals surface area contributed by atoms with E-state index in [1.807, 2.05) is 0 Å². The van der Waals surface area contributed by atoms with E-state index in [4.69, 9.17) is 24.3 Å². The van der Waals surface area contributed by atoms with Crippen molar-refractivity contribution >= 4 is 19.8 Å². The van der Waals surface area contributed by atoms with Crippen molar-refractivity contribution in [3.63, 3.8) is 0 Å². The molecule has 0 saturated heterocycles. The van der Waals surface area contributed by atoms with Gasteiger partial charge in [-0.05, 0) is 70.6 Å². The highest BCUT2D eigenvalue weighted by atomic mass is 31.2. The fourth-order valence-electron chi connectivity index (χ4n) is 5.25. The van der Waals surface area contributed by atoms with Crippen LogP contribution in [0.1, 0.15) is 174 Å². The molecule has 0 rings (SSSR count). The number of esters is 2. The van der Waals surface area contributed by atoms with Crippen LogP contribution in [0.4, 0.5) is 0 Å². The molecule has 0 saturated carbocycles. The highest BCUT2D eigenvalue weighted by molar-refractivity contribution is 7.47. The second-order valence-corrected chi connectivity index (χ2v) is 14.6. The Hall–Kier alpha value is -1.77. The van der Waals surface area contributed by atoms with Crippen LogP contribution in [0.3, 0.4) is 0 Å². The lowest BCUT2D eigenvalue weighted by atomic mass is 10.1. The molecule has 10 heteroatoms. The lowest BCUT2D eigenvalue weighted by Gasteiger charge is -2.19. The van der Waals surface area contributed by atoms with Crippen molar-refractivity contribution < 1.29 is 37.6 Å². The number of carbonyl (C=O) groups excluding carboxylic acids is 2. The number of rotatable bonds is 37. The molecule has 0 aromatic carbocycles. The van der Waals surface area contributed by atoms with Gasteiger partial charge in [-0.1, -0.05) is 127 Å². The first-order valence-electron chi connectivity index (χ1n) is 20.0. The van der Waals surface area contributed by atoms with Crippen LogP contribution in [-0.4, -0.2) is 49.3 Å². The van der Waals surface area contributed by atoms with Gasteiger partial charge in [-0.3, -0.25) is 18.6 Å². The van der Waals surface area contributed by atoms with Crippen molar-refractivity contribution in [1.29, 1.82) is 0 Å². The topological polar surface area (TPSA) is 134 Å². The van der Waals surface area contributed by atoms with Gasteiger partial charge in [-0.25, -0.2) is 4.57 Å². The third-order valence-electron chi connectivity index (χ3n) is 8.25. The summed E-state index contributed by atoms with van der Waals surface area (Å²) >= 11 is 0. The first-order valence-corrected chi connectivity index (χ1v) is 21.5. The Morgan fingerprint density at radius 1 is 0.600 bits per heavy atom. The minimum atomic E-state index is -4.38. The van der Waals surface area contributed by atoms with Crippen LogP contribution in [0, 0.1) is 0 Å². The number of hydrogen-bond donors (Lipinski definition) is 2. The molecule has 0 aliphatic rings. The minimum absolute atomic E-state index is 0.0496. The predicted octanol–water partition coefficient (Wildman–Crippen LogP) is 11.0. The maximum atomic E-state index is 12.5. The van der Waals surface area contributed by atoms with Crippen molar-refractivity contribution in [2.45, 2.75) is 180 Å². The molecule has 50 heavy (non-hydrogen) atoms. The zero-order valence-corrected chi connectivity index (χ0v) is 32.8. The van der Waals surface area contributed by atoms with Gasteiger partial charge in [-0.2, -0.15) is 0 Å². The standard InChI is InChI=1S/C40H74NO8P/c1-3-5-7-9-11-13-15-17-19-21-22-24-26-28-30-32-39(42)46-36-38(37-48-50(44,45)47-35-34-41)49-40(43)33-31-29-27-25-23-20-18-16-14-12-10-8-6-4-2/h11,13,16-19,38H,3-10,12,14-15,20-37,41H2,1-2H3,(H,44,45)/b13-11-,18-16-,19-17-/t38-/m1/s1. The summed E-state index contributed by atoms with van der Waals surface area (Å²) in [6.07, 6.45) is 38.8.